The van der Waals surface area contributed by atoms with E-state index in [-0.39, 0.29) is 23.6 Å². The third kappa shape index (κ3) is 3.18. The molecular formula is C19H33N3O4. The molecule has 3 heterocycles. The smallest absolute Gasteiger partial charge is 0.322 e. The lowest BCUT2D eigenvalue weighted by Gasteiger charge is -2.47. The Morgan fingerprint density at radius 2 is 2.12 bits per heavy atom. The van der Waals surface area contributed by atoms with E-state index >= 15 is 0 Å². The number of aliphatic carboxylic acids is 1. The van der Waals surface area contributed by atoms with Gasteiger partial charge in [-0.2, -0.15) is 0 Å². The van der Waals surface area contributed by atoms with Gasteiger partial charge in [0.15, 0.2) is 0 Å². The standard InChI is InChI=1S/C19H33N3O4/c1-13-16(17(24)25)22-14(11-26-18(22,2)12-20-13)4-3-8-21-9-7-19(5-6-19)15(23)10-21/h13-16,20,23H,3-12H2,1-2H3,(H,24,25)/t13-,14-,15?,16?,18?/m0/s1. The maximum absolute atomic E-state index is 11.8. The lowest BCUT2D eigenvalue weighted by Crippen LogP contribution is -2.69. The number of ether oxygens (including phenoxy) is 1. The summed E-state index contributed by atoms with van der Waals surface area (Å²) >= 11 is 0. The van der Waals surface area contributed by atoms with Crippen LogP contribution in [0.2, 0.25) is 0 Å². The molecule has 0 aromatic carbocycles. The first-order chi connectivity index (χ1) is 12.3. The van der Waals surface area contributed by atoms with Crippen LogP contribution in [0, 0.1) is 5.41 Å². The first-order valence-corrected chi connectivity index (χ1v) is 10.1. The summed E-state index contributed by atoms with van der Waals surface area (Å²) in [5, 5.41) is 23.4. The van der Waals surface area contributed by atoms with Crippen LogP contribution in [-0.2, 0) is 9.53 Å². The molecule has 3 aliphatic heterocycles. The predicted octanol–water partition coefficient (Wildman–Crippen LogP) is 0.475. The largest absolute Gasteiger partial charge is 0.480 e. The molecule has 7 nitrogen and oxygen atoms in total. The van der Waals surface area contributed by atoms with E-state index in [9.17, 15) is 15.0 Å². The Hall–Kier alpha value is -0.730. The molecule has 1 spiro atoms. The van der Waals surface area contributed by atoms with Crippen molar-refractivity contribution in [1.29, 1.82) is 0 Å². The summed E-state index contributed by atoms with van der Waals surface area (Å²) in [6, 6.07) is -0.486. The van der Waals surface area contributed by atoms with Crippen molar-refractivity contribution >= 4 is 5.97 Å². The summed E-state index contributed by atoms with van der Waals surface area (Å²) in [6.07, 6.45) is 5.28. The lowest BCUT2D eigenvalue weighted by molar-refractivity contribution is -0.162. The average Bonchev–Trinajstić information content (AvgIpc) is 3.30. The van der Waals surface area contributed by atoms with Crippen LogP contribution in [0.15, 0.2) is 0 Å². The van der Waals surface area contributed by atoms with Crippen LogP contribution < -0.4 is 5.32 Å². The van der Waals surface area contributed by atoms with E-state index in [2.05, 4.69) is 15.1 Å². The summed E-state index contributed by atoms with van der Waals surface area (Å²) in [7, 11) is 0. The molecule has 5 atom stereocenters. The molecule has 3 saturated heterocycles. The monoisotopic (exact) mass is 367 g/mol. The van der Waals surface area contributed by atoms with Gasteiger partial charge in [-0.05, 0) is 64.5 Å². The van der Waals surface area contributed by atoms with E-state index in [0.717, 1.165) is 38.9 Å². The lowest BCUT2D eigenvalue weighted by atomic mass is 9.90. The number of aliphatic hydroxyl groups is 1. The maximum atomic E-state index is 11.8. The predicted molar refractivity (Wildman–Crippen MR) is 96.8 cm³/mol. The van der Waals surface area contributed by atoms with Gasteiger partial charge >= 0.3 is 5.97 Å². The van der Waals surface area contributed by atoms with Crippen LogP contribution in [-0.4, -0.2) is 88.7 Å². The number of hydrogen-bond donors (Lipinski definition) is 3. The molecule has 26 heavy (non-hydrogen) atoms. The van der Waals surface area contributed by atoms with Crippen LogP contribution in [0.25, 0.3) is 0 Å². The quantitative estimate of drug-likeness (QED) is 0.651. The number of hydrogen-bond acceptors (Lipinski definition) is 6. The Morgan fingerprint density at radius 3 is 2.77 bits per heavy atom. The average molecular weight is 367 g/mol. The highest BCUT2D eigenvalue weighted by molar-refractivity contribution is 5.75. The van der Waals surface area contributed by atoms with Gasteiger partial charge in [0.25, 0.3) is 0 Å². The number of nitrogens with one attached hydrogen (secondary N) is 1. The number of fused-ring (bicyclic) bond motifs is 1. The number of piperazine rings is 1. The van der Waals surface area contributed by atoms with Crippen LogP contribution in [0.4, 0.5) is 0 Å². The zero-order chi connectivity index (χ0) is 18.5. The van der Waals surface area contributed by atoms with Crippen LogP contribution in [0.1, 0.15) is 46.0 Å². The van der Waals surface area contributed by atoms with Gasteiger partial charge < -0.3 is 25.2 Å². The van der Waals surface area contributed by atoms with Crippen molar-refractivity contribution in [3.8, 4) is 0 Å². The van der Waals surface area contributed by atoms with E-state index in [1.165, 1.54) is 12.8 Å². The van der Waals surface area contributed by atoms with E-state index in [1.807, 2.05) is 13.8 Å². The molecule has 0 aromatic rings. The maximum Gasteiger partial charge on any atom is 0.322 e. The fourth-order valence-electron chi connectivity index (χ4n) is 5.31. The molecule has 0 amide bonds. The molecule has 0 radical (unpaired) electrons. The zero-order valence-electron chi connectivity index (χ0n) is 16.0. The van der Waals surface area contributed by atoms with Crippen molar-refractivity contribution < 1.29 is 19.7 Å². The minimum absolute atomic E-state index is 0.0863. The molecular weight excluding hydrogens is 334 g/mol. The molecule has 7 heteroatoms. The Bertz CT molecular complexity index is 555. The summed E-state index contributed by atoms with van der Waals surface area (Å²) < 4.78 is 6.03. The Kier molecular flexibility index (Phi) is 4.80. The minimum Gasteiger partial charge on any atom is -0.480 e. The molecule has 1 aliphatic carbocycles. The fourth-order valence-corrected chi connectivity index (χ4v) is 5.31. The molecule has 148 valence electrons. The summed E-state index contributed by atoms with van der Waals surface area (Å²) in [5.74, 6) is -0.777. The van der Waals surface area contributed by atoms with Crippen molar-refractivity contribution in [1.82, 2.24) is 15.1 Å². The van der Waals surface area contributed by atoms with Gasteiger partial charge in [0, 0.05) is 25.2 Å². The molecule has 4 fully saturated rings. The number of carboxylic acid groups (broad SMARTS) is 1. The molecule has 0 bridgehead atoms. The highest BCUT2D eigenvalue weighted by atomic mass is 16.5. The molecule has 0 aromatic heterocycles. The summed E-state index contributed by atoms with van der Waals surface area (Å²) in [4.78, 5) is 16.3. The number of β-amino-alcohol motifs (C(OH)–C–C–N with tert-alkyl or cyclic N) is 1. The summed E-state index contributed by atoms with van der Waals surface area (Å²) in [6.45, 7) is 8.04. The van der Waals surface area contributed by atoms with Crippen molar-refractivity contribution in [2.24, 2.45) is 5.41 Å². The Labute approximate surface area is 155 Å². The van der Waals surface area contributed by atoms with E-state index in [0.29, 0.717) is 13.2 Å². The topological polar surface area (TPSA) is 85.3 Å². The van der Waals surface area contributed by atoms with Gasteiger partial charge in [-0.15, -0.1) is 0 Å². The third-order valence-electron chi connectivity index (χ3n) is 7.27. The second-order valence-electron chi connectivity index (χ2n) is 9.07. The van der Waals surface area contributed by atoms with Gasteiger partial charge in [-0.1, -0.05) is 0 Å². The Balaban J connectivity index is 1.32. The Morgan fingerprint density at radius 1 is 1.35 bits per heavy atom. The van der Waals surface area contributed by atoms with Gasteiger partial charge in [0.2, 0.25) is 0 Å². The van der Waals surface area contributed by atoms with E-state index in [4.69, 9.17) is 4.74 Å². The number of carbonyl (C=O) groups is 1. The van der Waals surface area contributed by atoms with Gasteiger partial charge in [-0.3, -0.25) is 9.69 Å². The van der Waals surface area contributed by atoms with Gasteiger partial charge in [-0.25, -0.2) is 0 Å². The van der Waals surface area contributed by atoms with E-state index < -0.39 is 17.7 Å². The molecule has 3 N–H and O–H groups in total. The number of rotatable bonds is 5. The zero-order valence-corrected chi connectivity index (χ0v) is 16.0. The number of aliphatic hydroxyl groups excluding tert-OH is 1. The van der Waals surface area contributed by atoms with Gasteiger partial charge in [0.05, 0.1) is 12.7 Å². The summed E-state index contributed by atoms with van der Waals surface area (Å²) in [5.41, 5.74) is -0.275. The second-order valence-corrected chi connectivity index (χ2v) is 9.07. The van der Waals surface area contributed by atoms with Crippen molar-refractivity contribution in [2.45, 2.75) is 75.9 Å². The van der Waals surface area contributed by atoms with Crippen LogP contribution >= 0.6 is 0 Å². The normalized spacial score (nSPS) is 42.7. The first-order valence-electron chi connectivity index (χ1n) is 10.1. The molecule has 4 aliphatic rings. The highest BCUT2D eigenvalue weighted by Gasteiger charge is 2.54. The molecule has 1 saturated carbocycles. The molecule has 4 rings (SSSR count). The SMILES string of the molecule is C[C@@H]1NCC2(C)OC[C@H](CCCN3CCC4(CC4)C(O)C3)N2C1C(=O)O. The number of likely N-dealkylation sites (tertiary alicyclic amines) is 1. The molecule has 3 unspecified atom stereocenters. The van der Waals surface area contributed by atoms with Crippen LogP contribution in [0.5, 0.6) is 0 Å². The third-order valence-corrected chi connectivity index (χ3v) is 7.27. The number of piperidine rings is 1. The van der Waals surface area contributed by atoms with Crippen molar-refractivity contribution in [3.63, 3.8) is 0 Å². The number of nitrogens with zero attached hydrogens (tertiary/aromatic N) is 2. The second kappa shape index (κ2) is 6.71. The minimum atomic E-state index is -0.777. The highest BCUT2D eigenvalue weighted by Crippen LogP contribution is 2.53. The van der Waals surface area contributed by atoms with E-state index in [1.54, 1.807) is 0 Å². The van der Waals surface area contributed by atoms with Crippen molar-refractivity contribution in [3.05, 3.63) is 0 Å². The van der Waals surface area contributed by atoms with Crippen LogP contribution in [0.3, 0.4) is 0 Å². The fraction of sp³-hybridized carbons (Fsp3) is 0.947. The van der Waals surface area contributed by atoms with Crippen molar-refractivity contribution in [2.75, 3.05) is 32.8 Å². The number of carboxylic acids is 1. The first kappa shape index (κ1) is 18.6. The van der Waals surface area contributed by atoms with Gasteiger partial charge in [0.1, 0.15) is 11.8 Å².